The summed E-state index contributed by atoms with van der Waals surface area (Å²) in [6.45, 7) is 1.84. The van der Waals surface area contributed by atoms with Crippen LogP contribution in [0.1, 0.15) is 5.69 Å². The van der Waals surface area contributed by atoms with Crippen molar-refractivity contribution < 1.29 is 14.2 Å². The monoisotopic (exact) mass is 309 g/mol. The van der Waals surface area contributed by atoms with E-state index in [2.05, 4.69) is 15.3 Å². The summed E-state index contributed by atoms with van der Waals surface area (Å²) in [7, 11) is 4.68. The van der Waals surface area contributed by atoms with Gasteiger partial charge in [-0.2, -0.15) is 0 Å². The number of anilines is 2. The average Bonchev–Trinajstić information content (AvgIpc) is 2.45. The molecular formula is C14H16ClN3O3. The lowest BCUT2D eigenvalue weighted by atomic mass is 10.2. The minimum Gasteiger partial charge on any atom is -0.493 e. The van der Waals surface area contributed by atoms with Gasteiger partial charge < -0.3 is 19.5 Å². The fourth-order valence-corrected chi connectivity index (χ4v) is 2.12. The molecule has 1 heterocycles. The molecule has 0 radical (unpaired) electrons. The Bertz CT molecular complexity index is 604. The van der Waals surface area contributed by atoms with Crippen LogP contribution in [-0.2, 0) is 0 Å². The molecule has 0 aliphatic carbocycles. The van der Waals surface area contributed by atoms with Gasteiger partial charge >= 0.3 is 0 Å². The summed E-state index contributed by atoms with van der Waals surface area (Å²) in [4.78, 5) is 8.13. The topological polar surface area (TPSA) is 65.5 Å². The second-order valence-electron chi connectivity index (χ2n) is 4.20. The lowest BCUT2D eigenvalue weighted by Gasteiger charge is -2.15. The van der Waals surface area contributed by atoms with E-state index in [0.29, 0.717) is 23.1 Å². The number of ether oxygens (including phenoxy) is 3. The second-order valence-corrected chi connectivity index (χ2v) is 4.54. The van der Waals surface area contributed by atoms with Gasteiger partial charge in [0.25, 0.3) is 0 Å². The molecule has 6 nitrogen and oxygen atoms in total. The Morgan fingerprint density at radius 2 is 1.57 bits per heavy atom. The number of halogens is 1. The summed E-state index contributed by atoms with van der Waals surface area (Å²) in [6, 6.07) is 5.36. The highest BCUT2D eigenvalue weighted by Crippen LogP contribution is 2.40. The van der Waals surface area contributed by atoms with E-state index in [-0.39, 0.29) is 5.28 Å². The number of aryl methyl sites for hydroxylation is 1. The van der Waals surface area contributed by atoms with E-state index in [1.165, 1.54) is 0 Å². The quantitative estimate of drug-likeness (QED) is 0.856. The molecule has 0 saturated heterocycles. The van der Waals surface area contributed by atoms with Crippen LogP contribution in [0.15, 0.2) is 18.2 Å². The van der Waals surface area contributed by atoms with Gasteiger partial charge in [0.1, 0.15) is 5.82 Å². The molecule has 1 aromatic carbocycles. The molecule has 21 heavy (non-hydrogen) atoms. The van der Waals surface area contributed by atoms with Gasteiger partial charge in [-0.3, -0.25) is 0 Å². The molecular weight excluding hydrogens is 294 g/mol. The van der Waals surface area contributed by atoms with Crippen LogP contribution in [0.5, 0.6) is 17.2 Å². The molecule has 0 spiro atoms. The first-order chi connectivity index (χ1) is 10.1. The molecule has 0 atom stereocenters. The van der Waals surface area contributed by atoms with Crippen molar-refractivity contribution >= 4 is 23.1 Å². The molecule has 0 aliphatic heterocycles. The number of nitrogens with one attached hydrogen (secondary N) is 1. The van der Waals surface area contributed by atoms with Gasteiger partial charge in [0.2, 0.25) is 11.0 Å². The van der Waals surface area contributed by atoms with E-state index in [1.807, 2.05) is 6.92 Å². The molecule has 0 fully saturated rings. The molecule has 2 aromatic rings. The predicted molar refractivity (Wildman–Crippen MR) is 81.2 cm³/mol. The summed E-state index contributed by atoms with van der Waals surface area (Å²) in [5.41, 5.74) is 1.50. The van der Waals surface area contributed by atoms with Gasteiger partial charge in [-0.1, -0.05) is 0 Å². The highest BCUT2D eigenvalue weighted by atomic mass is 35.5. The van der Waals surface area contributed by atoms with Crippen molar-refractivity contribution in [1.82, 2.24) is 9.97 Å². The van der Waals surface area contributed by atoms with Crippen LogP contribution >= 0.6 is 11.6 Å². The minimum atomic E-state index is 0.185. The van der Waals surface area contributed by atoms with Crippen molar-refractivity contribution in [2.24, 2.45) is 0 Å². The molecule has 7 heteroatoms. The molecule has 0 bridgehead atoms. The predicted octanol–water partition coefficient (Wildman–Crippen LogP) is 3.21. The van der Waals surface area contributed by atoms with E-state index < -0.39 is 0 Å². The fourth-order valence-electron chi connectivity index (χ4n) is 1.90. The van der Waals surface area contributed by atoms with Crippen molar-refractivity contribution in [2.45, 2.75) is 6.92 Å². The Balaban J connectivity index is 2.40. The summed E-state index contributed by atoms with van der Waals surface area (Å²) in [5, 5.41) is 3.32. The molecule has 1 N–H and O–H groups in total. The van der Waals surface area contributed by atoms with Crippen LogP contribution in [-0.4, -0.2) is 31.3 Å². The third kappa shape index (κ3) is 3.46. The first-order valence-electron chi connectivity index (χ1n) is 6.15. The molecule has 112 valence electrons. The number of nitrogens with zero attached hydrogens (tertiary/aromatic N) is 2. The number of methoxy groups -OCH3 is 3. The Morgan fingerprint density at radius 3 is 2.05 bits per heavy atom. The zero-order chi connectivity index (χ0) is 15.4. The van der Waals surface area contributed by atoms with Crippen molar-refractivity contribution in [1.29, 1.82) is 0 Å². The Hall–Kier alpha value is -2.21. The van der Waals surface area contributed by atoms with Crippen LogP contribution in [0, 0.1) is 6.92 Å². The van der Waals surface area contributed by atoms with Crippen LogP contribution in [0.2, 0.25) is 5.28 Å². The number of hydrogen-bond acceptors (Lipinski definition) is 6. The summed E-state index contributed by atoms with van der Waals surface area (Å²) in [6.07, 6.45) is 0. The van der Waals surface area contributed by atoms with Gasteiger partial charge in [-0.05, 0) is 18.5 Å². The highest BCUT2D eigenvalue weighted by Gasteiger charge is 2.13. The third-order valence-corrected chi connectivity index (χ3v) is 2.93. The van der Waals surface area contributed by atoms with E-state index in [9.17, 15) is 0 Å². The first kappa shape index (κ1) is 15.2. The molecule has 0 amide bonds. The number of benzene rings is 1. The van der Waals surface area contributed by atoms with E-state index in [4.69, 9.17) is 25.8 Å². The Morgan fingerprint density at radius 1 is 0.952 bits per heavy atom. The Labute approximate surface area is 128 Å². The highest BCUT2D eigenvalue weighted by molar-refractivity contribution is 6.28. The van der Waals surface area contributed by atoms with Crippen LogP contribution in [0.3, 0.4) is 0 Å². The van der Waals surface area contributed by atoms with Crippen molar-refractivity contribution in [2.75, 3.05) is 26.6 Å². The Kier molecular flexibility index (Phi) is 4.70. The number of rotatable bonds is 5. The number of hydrogen-bond donors (Lipinski definition) is 1. The second kappa shape index (κ2) is 6.49. The fraction of sp³-hybridized carbons (Fsp3) is 0.286. The van der Waals surface area contributed by atoms with E-state index in [1.54, 1.807) is 39.5 Å². The lowest BCUT2D eigenvalue weighted by Crippen LogP contribution is -2.00. The zero-order valence-electron chi connectivity index (χ0n) is 12.2. The standard InChI is InChI=1S/C14H16ClN3O3/c1-8-5-12(18-14(15)16-8)17-9-6-10(19-2)13(21-4)11(7-9)20-3/h5-7H,1-4H3,(H,16,17,18). The normalized spacial score (nSPS) is 10.1. The summed E-state index contributed by atoms with van der Waals surface area (Å²) >= 11 is 5.85. The van der Waals surface area contributed by atoms with Crippen molar-refractivity contribution in [3.63, 3.8) is 0 Å². The maximum Gasteiger partial charge on any atom is 0.224 e. The minimum absolute atomic E-state index is 0.185. The molecule has 0 saturated carbocycles. The van der Waals surface area contributed by atoms with Crippen molar-refractivity contribution in [3.8, 4) is 17.2 Å². The van der Waals surface area contributed by atoms with Gasteiger partial charge in [-0.25, -0.2) is 9.97 Å². The van der Waals surface area contributed by atoms with Gasteiger partial charge in [0.05, 0.1) is 21.3 Å². The lowest BCUT2D eigenvalue weighted by molar-refractivity contribution is 0.324. The van der Waals surface area contributed by atoms with Gasteiger partial charge in [0.15, 0.2) is 11.5 Å². The number of aromatic nitrogens is 2. The first-order valence-corrected chi connectivity index (χ1v) is 6.53. The van der Waals surface area contributed by atoms with Crippen LogP contribution in [0.25, 0.3) is 0 Å². The summed E-state index contributed by atoms with van der Waals surface area (Å²) < 4.78 is 15.9. The molecule has 1 aromatic heterocycles. The van der Waals surface area contributed by atoms with E-state index >= 15 is 0 Å². The van der Waals surface area contributed by atoms with Crippen molar-refractivity contribution in [3.05, 3.63) is 29.2 Å². The van der Waals surface area contributed by atoms with Gasteiger partial charge in [0, 0.05) is 29.6 Å². The maximum atomic E-state index is 5.85. The molecule has 0 unspecified atom stereocenters. The zero-order valence-corrected chi connectivity index (χ0v) is 13.0. The largest absolute Gasteiger partial charge is 0.493 e. The van der Waals surface area contributed by atoms with Crippen LogP contribution in [0.4, 0.5) is 11.5 Å². The third-order valence-electron chi connectivity index (χ3n) is 2.76. The summed E-state index contributed by atoms with van der Waals surface area (Å²) in [5.74, 6) is 2.22. The molecule has 0 aliphatic rings. The van der Waals surface area contributed by atoms with E-state index in [0.717, 1.165) is 11.4 Å². The SMILES string of the molecule is COc1cc(Nc2cc(C)nc(Cl)n2)cc(OC)c1OC. The van der Waals surface area contributed by atoms with Crippen LogP contribution < -0.4 is 19.5 Å². The molecule has 2 rings (SSSR count). The smallest absolute Gasteiger partial charge is 0.224 e. The maximum absolute atomic E-state index is 5.85. The average molecular weight is 310 g/mol. The van der Waals surface area contributed by atoms with Gasteiger partial charge in [-0.15, -0.1) is 0 Å².